The number of morpholine rings is 1. The van der Waals surface area contributed by atoms with Gasteiger partial charge in [0.15, 0.2) is 5.84 Å². The van der Waals surface area contributed by atoms with Gasteiger partial charge in [-0.15, -0.1) is 0 Å². The molecule has 98 valence electrons. The lowest BCUT2D eigenvalue weighted by Crippen LogP contribution is -2.44. The zero-order chi connectivity index (χ0) is 13.1. The standard InChI is InChI=1S/C11H15ClN4O2/c1-7-6-18-5-4-16(7)11-9(12)8(2-3-14-11)10(13)15-17/h2-3,7,17H,4-6H2,1H3,(H2,13,15). The van der Waals surface area contributed by atoms with Gasteiger partial charge in [0.05, 0.1) is 24.3 Å². The summed E-state index contributed by atoms with van der Waals surface area (Å²) in [4.78, 5) is 6.33. The molecule has 0 amide bonds. The summed E-state index contributed by atoms with van der Waals surface area (Å²) in [6.45, 7) is 4.02. The Morgan fingerprint density at radius 3 is 3.17 bits per heavy atom. The van der Waals surface area contributed by atoms with Gasteiger partial charge in [-0.25, -0.2) is 4.98 Å². The molecule has 0 aliphatic carbocycles. The normalized spacial score (nSPS) is 21.1. The van der Waals surface area contributed by atoms with Crippen molar-refractivity contribution in [3.05, 3.63) is 22.8 Å². The number of nitrogens with two attached hydrogens (primary N) is 1. The maximum atomic E-state index is 8.72. The molecule has 2 heterocycles. The maximum Gasteiger partial charge on any atom is 0.171 e. The van der Waals surface area contributed by atoms with Gasteiger partial charge >= 0.3 is 0 Å². The predicted molar refractivity (Wildman–Crippen MR) is 69.4 cm³/mol. The van der Waals surface area contributed by atoms with Crippen molar-refractivity contribution in [1.82, 2.24) is 4.98 Å². The maximum absolute atomic E-state index is 8.72. The SMILES string of the molecule is CC1COCCN1c1nccc(/C(N)=N/O)c1Cl. The van der Waals surface area contributed by atoms with Crippen molar-refractivity contribution in [1.29, 1.82) is 0 Å². The Labute approximate surface area is 110 Å². The summed E-state index contributed by atoms with van der Waals surface area (Å²) in [7, 11) is 0. The van der Waals surface area contributed by atoms with E-state index < -0.39 is 0 Å². The van der Waals surface area contributed by atoms with E-state index in [1.807, 2.05) is 6.92 Å². The number of halogens is 1. The minimum atomic E-state index is -0.0236. The molecule has 0 bridgehead atoms. The van der Waals surface area contributed by atoms with Crippen molar-refractivity contribution in [2.45, 2.75) is 13.0 Å². The summed E-state index contributed by atoms with van der Waals surface area (Å²) < 4.78 is 5.37. The minimum Gasteiger partial charge on any atom is -0.409 e. The minimum absolute atomic E-state index is 0.0236. The summed E-state index contributed by atoms with van der Waals surface area (Å²) in [5, 5.41) is 12.1. The van der Waals surface area contributed by atoms with Crippen molar-refractivity contribution in [3.8, 4) is 0 Å². The van der Waals surface area contributed by atoms with Crippen LogP contribution in [-0.4, -0.2) is 41.8 Å². The highest BCUT2D eigenvalue weighted by atomic mass is 35.5. The molecule has 2 rings (SSSR count). The predicted octanol–water partition coefficient (Wildman–Crippen LogP) is 1.05. The smallest absolute Gasteiger partial charge is 0.171 e. The van der Waals surface area contributed by atoms with Gasteiger partial charge in [-0.2, -0.15) is 0 Å². The van der Waals surface area contributed by atoms with Crippen LogP contribution in [0.2, 0.25) is 5.02 Å². The number of hydrogen-bond acceptors (Lipinski definition) is 5. The van der Waals surface area contributed by atoms with Crippen LogP contribution in [0.4, 0.5) is 5.82 Å². The number of ether oxygens (including phenoxy) is 1. The molecule has 1 fully saturated rings. The lowest BCUT2D eigenvalue weighted by Gasteiger charge is -2.34. The third-order valence-corrected chi connectivity index (χ3v) is 3.27. The number of amidine groups is 1. The zero-order valence-electron chi connectivity index (χ0n) is 10.0. The van der Waals surface area contributed by atoms with Crippen molar-refractivity contribution < 1.29 is 9.94 Å². The summed E-state index contributed by atoms with van der Waals surface area (Å²) >= 11 is 6.26. The van der Waals surface area contributed by atoms with E-state index in [1.165, 1.54) is 0 Å². The fourth-order valence-corrected chi connectivity index (χ4v) is 2.24. The number of aromatic nitrogens is 1. The second kappa shape index (κ2) is 5.41. The molecular weight excluding hydrogens is 256 g/mol. The van der Waals surface area contributed by atoms with E-state index in [0.717, 1.165) is 0 Å². The van der Waals surface area contributed by atoms with Crippen LogP contribution in [0, 0.1) is 0 Å². The van der Waals surface area contributed by atoms with Crippen LogP contribution in [0.3, 0.4) is 0 Å². The topological polar surface area (TPSA) is 84.0 Å². The van der Waals surface area contributed by atoms with Gasteiger partial charge in [0, 0.05) is 18.3 Å². The molecule has 0 radical (unpaired) electrons. The van der Waals surface area contributed by atoms with Crippen LogP contribution >= 0.6 is 11.6 Å². The highest BCUT2D eigenvalue weighted by Gasteiger charge is 2.23. The molecule has 0 saturated carbocycles. The molecule has 3 N–H and O–H groups in total. The van der Waals surface area contributed by atoms with E-state index in [9.17, 15) is 0 Å². The third kappa shape index (κ3) is 2.34. The first-order valence-corrected chi connectivity index (χ1v) is 5.99. The summed E-state index contributed by atoms with van der Waals surface area (Å²) in [6.07, 6.45) is 1.59. The molecule has 1 aliphatic heterocycles. The second-order valence-electron chi connectivity index (χ2n) is 4.10. The van der Waals surface area contributed by atoms with Gasteiger partial charge in [-0.1, -0.05) is 16.8 Å². The van der Waals surface area contributed by atoms with Crippen molar-refractivity contribution >= 4 is 23.3 Å². The average Bonchev–Trinajstić information content (AvgIpc) is 2.39. The fourth-order valence-electron chi connectivity index (χ4n) is 1.93. The van der Waals surface area contributed by atoms with Crippen molar-refractivity contribution in [2.75, 3.05) is 24.7 Å². The Balaban J connectivity index is 2.39. The van der Waals surface area contributed by atoms with Crippen LogP contribution in [0.25, 0.3) is 0 Å². The van der Waals surface area contributed by atoms with Gasteiger partial charge in [0.2, 0.25) is 0 Å². The van der Waals surface area contributed by atoms with E-state index in [0.29, 0.717) is 36.2 Å². The molecule has 7 heteroatoms. The summed E-state index contributed by atoms with van der Waals surface area (Å²) in [5.41, 5.74) is 6.05. The first-order valence-electron chi connectivity index (χ1n) is 5.62. The quantitative estimate of drug-likeness (QED) is 0.363. The number of hydrogen-bond donors (Lipinski definition) is 2. The lowest BCUT2D eigenvalue weighted by atomic mass is 10.2. The Hall–Kier alpha value is -1.53. The first kappa shape index (κ1) is 12.9. The van der Waals surface area contributed by atoms with E-state index in [4.69, 9.17) is 27.3 Å². The van der Waals surface area contributed by atoms with Crippen LogP contribution in [0.15, 0.2) is 17.4 Å². The Morgan fingerprint density at radius 2 is 2.50 bits per heavy atom. The van der Waals surface area contributed by atoms with E-state index in [1.54, 1.807) is 12.3 Å². The molecule has 0 spiro atoms. The molecule has 0 aromatic carbocycles. The second-order valence-corrected chi connectivity index (χ2v) is 4.48. The van der Waals surface area contributed by atoms with Crippen LogP contribution < -0.4 is 10.6 Å². The van der Waals surface area contributed by atoms with Crippen LogP contribution in [0.5, 0.6) is 0 Å². The Kier molecular flexibility index (Phi) is 3.88. The molecular formula is C11H15ClN4O2. The first-order chi connectivity index (χ1) is 8.65. The number of anilines is 1. The Bertz CT molecular complexity index is 466. The monoisotopic (exact) mass is 270 g/mol. The van der Waals surface area contributed by atoms with Crippen molar-refractivity contribution in [2.24, 2.45) is 10.9 Å². The van der Waals surface area contributed by atoms with Gasteiger partial charge in [0.1, 0.15) is 5.82 Å². The highest BCUT2D eigenvalue weighted by Crippen LogP contribution is 2.29. The van der Waals surface area contributed by atoms with Gasteiger partial charge in [-0.05, 0) is 13.0 Å². The fraction of sp³-hybridized carbons (Fsp3) is 0.455. The summed E-state index contributed by atoms with van der Waals surface area (Å²) in [6, 6.07) is 1.80. The van der Waals surface area contributed by atoms with Gasteiger partial charge < -0.3 is 20.6 Å². The molecule has 1 atom stereocenters. The van der Waals surface area contributed by atoms with E-state index >= 15 is 0 Å². The molecule has 6 nitrogen and oxygen atoms in total. The number of rotatable bonds is 2. The summed E-state index contributed by atoms with van der Waals surface area (Å²) in [5.74, 6) is 0.612. The van der Waals surface area contributed by atoms with E-state index in [-0.39, 0.29) is 11.9 Å². The van der Waals surface area contributed by atoms with E-state index in [2.05, 4.69) is 15.0 Å². The highest BCUT2D eigenvalue weighted by molar-refractivity contribution is 6.36. The molecule has 1 aliphatic rings. The Morgan fingerprint density at radius 1 is 1.72 bits per heavy atom. The average molecular weight is 271 g/mol. The number of pyridine rings is 1. The zero-order valence-corrected chi connectivity index (χ0v) is 10.8. The van der Waals surface area contributed by atoms with Gasteiger partial charge in [-0.3, -0.25) is 0 Å². The molecule has 1 aromatic heterocycles. The van der Waals surface area contributed by atoms with Crippen LogP contribution in [-0.2, 0) is 4.74 Å². The number of oxime groups is 1. The molecule has 1 aromatic rings. The molecule has 18 heavy (non-hydrogen) atoms. The van der Waals surface area contributed by atoms with Gasteiger partial charge in [0.25, 0.3) is 0 Å². The molecule has 1 unspecified atom stereocenters. The lowest BCUT2D eigenvalue weighted by molar-refractivity contribution is 0.0985. The van der Waals surface area contributed by atoms with Crippen molar-refractivity contribution in [3.63, 3.8) is 0 Å². The molecule has 1 saturated heterocycles. The largest absolute Gasteiger partial charge is 0.409 e. The third-order valence-electron chi connectivity index (χ3n) is 2.89. The van der Waals surface area contributed by atoms with Crippen LogP contribution in [0.1, 0.15) is 12.5 Å². The number of nitrogens with zero attached hydrogens (tertiary/aromatic N) is 3.